The fraction of sp³-hybridized carbons (Fsp3) is 0.762. The molecule has 24 heavy (non-hydrogen) atoms. The standard InChI is InChI=1S/C21H34O3.2H2/c1-3-4-5-6-16(2)7-11-20-18(9-12-21(20)23)15-24-14-17-8-10-19(22)13-17;;/h8,10,16,18,20,22H,3-7,9,11-15H2,1-2H3;2*1H/t16?,18-,20?;;/m1../s1. The first kappa shape index (κ1) is 19.2. The summed E-state index contributed by atoms with van der Waals surface area (Å²) < 4.78 is 5.85. The molecule has 1 N–H and O–H groups in total. The Hall–Kier alpha value is -1.09. The van der Waals surface area contributed by atoms with Crippen molar-refractivity contribution in [1.29, 1.82) is 0 Å². The topological polar surface area (TPSA) is 46.5 Å². The minimum absolute atomic E-state index is 0. The van der Waals surface area contributed by atoms with Crippen LogP contribution in [0.1, 0.15) is 74.5 Å². The first-order chi connectivity index (χ1) is 11.6. The van der Waals surface area contributed by atoms with Crippen molar-refractivity contribution in [2.45, 2.75) is 71.6 Å². The second-order valence-electron chi connectivity index (χ2n) is 7.72. The first-order valence-corrected chi connectivity index (χ1v) is 9.78. The Balaban J connectivity index is 0.00000312. The molecule has 0 aromatic heterocycles. The van der Waals surface area contributed by atoms with Crippen molar-refractivity contribution in [2.75, 3.05) is 13.2 Å². The van der Waals surface area contributed by atoms with E-state index in [2.05, 4.69) is 13.8 Å². The van der Waals surface area contributed by atoms with Crippen LogP contribution < -0.4 is 0 Å². The Morgan fingerprint density at radius 2 is 2.17 bits per heavy atom. The molecule has 0 amide bonds. The van der Waals surface area contributed by atoms with Crippen molar-refractivity contribution in [3.8, 4) is 0 Å². The van der Waals surface area contributed by atoms with Gasteiger partial charge >= 0.3 is 0 Å². The normalized spacial score (nSPS) is 25.0. The highest BCUT2D eigenvalue weighted by atomic mass is 16.5. The number of aliphatic hydroxyl groups is 1. The van der Waals surface area contributed by atoms with E-state index >= 15 is 0 Å². The summed E-state index contributed by atoms with van der Waals surface area (Å²) in [7, 11) is 0. The Labute approximate surface area is 150 Å². The summed E-state index contributed by atoms with van der Waals surface area (Å²) >= 11 is 0. The van der Waals surface area contributed by atoms with Crippen LogP contribution in [0.2, 0.25) is 0 Å². The molecular weight excluding hydrogens is 300 g/mol. The number of hydrogen-bond donors (Lipinski definition) is 1. The number of rotatable bonds is 11. The summed E-state index contributed by atoms with van der Waals surface area (Å²) in [4.78, 5) is 12.2. The third-order valence-corrected chi connectivity index (χ3v) is 5.55. The van der Waals surface area contributed by atoms with Gasteiger partial charge in [0.2, 0.25) is 0 Å². The number of Topliss-reactive ketones (excluding diaryl/α,β-unsaturated/α-hetero) is 1. The summed E-state index contributed by atoms with van der Waals surface area (Å²) in [5.41, 5.74) is 1.12. The summed E-state index contributed by atoms with van der Waals surface area (Å²) in [6, 6.07) is 0. The van der Waals surface area contributed by atoms with E-state index in [1.165, 1.54) is 32.1 Å². The summed E-state index contributed by atoms with van der Waals surface area (Å²) in [5.74, 6) is 2.19. The lowest BCUT2D eigenvalue weighted by Gasteiger charge is -2.20. The molecule has 1 saturated carbocycles. The van der Waals surface area contributed by atoms with Gasteiger partial charge in [0.1, 0.15) is 5.78 Å². The molecule has 3 atom stereocenters. The minimum Gasteiger partial charge on any atom is -0.512 e. The molecule has 1 fully saturated rings. The van der Waals surface area contributed by atoms with Crippen molar-refractivity contribution in [3.63, 3.8) is 0 Å². The molecule has 2 unspecified atom stereocenters. The highest BCUT2D eigenvalue weighted by Gasteiger charge is 2.34. The lowest BCUT2D eigenvalue weighted by atomic mass is 9.87. The van der Waals surface area contributed by atoms with Gasteiger partial charge in [-0.05, 0) is 36.3 Å². The highest BCUT2D eigenvalue weighted by Crippen LogP contribution is 2.34. The quantitative estimate of drug-likeness (QED) is 0.480. The number of ketones is 1. The van der Waals surface area contributed by atoms with Crippen LogP contribution >= 0.6 is 0 Å². The van der Waals surface area contributed by atoms with Crippen LogP contribution in [0.15, 0.2) is 23.5 Å². The fourth-order valence-corrected chi connectivity index (χ4v) is 3.93. The first-order valence-electron chi connectivity index (χ1n) is 9.78. The molecule has 0 aliphatic heterocycles. The van der Waals surface area contributed by atoms with Gasteiger partial charge in [-0.3, -0.25) is 4.79 Å². The van der Waals surface area contributed by atoms with Crippen molar-refractivity contribution in [1.82, 2.24) is 0 Å². The zero-order valence-electron chi connectivity index (χ0n) is 15.4. The summed E-state index contributed by atoms with van der Waals surface area (Å²) in [5, 5.41) is 9.40. The molecule has 3 heteroatoms. The lowest BCUT2D eigenvalue weighted by Crippen LogP contribution is -2.20. The average Bonchev–Trinajstić information content (AvgIpc) is 3.12. The maximum Gasteiger partial charge on any atom is 0.136 e. The van der Waals surface area contributed by atoms with Gasteiger partial charge in [0.25, 0.3) is 0 Å². The van der Waals surface area contributed by atoms with Crippen molar-refractivity contribution in [2.24, 2.45) is 17.8 Å². The van der Waals surface area contributed by atoms with E-state index in [1.807, 2.05) is 6.08 Å². The number of allylic oxidation sites excluding steroid dienone is 3. The van der Waals surface area contributed by atoms with Gasteiger partial charge in [0.15, 0.2) is 0 Å². The summed E-state index contributed by atoms with van der Waals surface area (Å²) in [6.07, 6.45) is 13.4. The molecule has 0 saturated heterocycles. The van der Waals surface area contributed by atoms with Gasteiger partial charge in [-0.25, -0.2) is 0 Å². The molecule has 3 nitrogen and oxygen atoms in total. The molecule has 0 aromatic carbocycles. The molecule has 0 bridgehead atoms. The molecular formula is C21H38O3. The lowest BCUT2D eigenvalue weighted by molar-refractivity contribution is -0.121. The number of carbonyl (C=O) groups excluding carboxylic acids is 1. The second kappa shape index (κ2) is 10.0. The van der Waals surface area contributed by atoms with E-state index in [0.717, 1.165) is 30.8 Å². The smallest absolute Gasteiger partial charge is 0.136 e. The predicted molar refractivity (Wildman–Crippen MR) is 102 cm³/mol. The average molecular weight is 339 g/mol. The Morgan fingerprint density at radius 3 is 2.88 bits per heavy atom. The zero-order chi connectivity index (χ0) is 17.4. The van der Waals surface area contributed by atoms with Crippen molar-refractivity contribution in [3.05, 3.63) is 23.5 Å². The predicted octanol–water partition coefficient (Wildman–Crippen LogP) is 5.86. The van der Waals surface area contributed by atoms with Crippen molar-refractivity contribution < 1.29 is 17.5 Å². The number of unbranched alkanes of at least 4 members (excludes halogenated alkanes) is 2. The molecule has 140 valence electrons. The van der Waals surface area contributed by atoms with Gasteiger partial charge in [0, 0.05) is 21.6 Å². The molecule has 2 rings (SSSR count). The van der Waals surface area contributed by atoms with E-state index in [9.17, 15) is 9.90 Å². The molecule has 0 spiro atoms. The number of carbonyl (C=O) groups is 1. The van der Waals surface area contributed by atoms with Gasteiger partial charge < -0.3 is 9.84 Å². The Bertz CT molecular complexity index is 474. The third kappa shape index (κ3) is 6.08. The number of ether oxygens (including phenoxy) is 1. The molecule has 0 heterocycles. The van der Waals surface area contributed by atoms with E-state index < -0.39 is 0 Å². The highest BCUT2D eigenvalue weighted by molar-refractivity contribution is 5.83. The minimum atomic E-state index is 0. The Kier molecular flexibility index (Phi) is 8.04. The van der Waals surface area contributed by atoms with E-state index in [0.29, 0.717) is 37.1 Å². The number of hydrogen-bond acceptors (Lipinski definition) is 3. The molecule has 2 aliphatic carbocycles. The van der Waals surface area contributed by atoms with Gasteiger partial charge in [-0.2, -0.15) is 0 Å². The van der Waals surface area contributed by atoms with E-state index in [-0.39, 0.29) is 8.77 Å². The SMILES string of the molecule is CCCCCC(C)CCC1C(=O)CC[C@@H]1COCC1=CC=C(O)C1.[HH].[HH]. The maximum atomic E-state index is 12.2. The van der Waals surface area contributed by atoms with Crippen LogP contribution in [-0.2, 0) is 9.53 Å². The summed E-state index contributed by atoms with van der Waals surface area (Å²) in [6.45, 7) is 5.82. The van der Waals surface area contributed by atoms with Crippen LogP contribution in [0.3, 0.4) is 0 Å². The van der Waals surface area contributed by atoms with Gasteiger partial charge in [-0.1, -0.05) is 52.0 Å². The van der Waals surface area contributed by atoms with Crippen LogP contribution in [0.25, 0.3) is 0 Å². The second-order valence-corrected chi connectivity index (χ2v) is 7.72. The van der Waals surface area contributed by atoms with E-state index in [1.54, 1.807) is 6.08 Å². The maximum absolute atomic E-state index is 12.2. The molecule has 0 radical (unpaired) electrons. The largest absolute Gasteiger partial charge is 0.512 e. The molecule has 0 aromatic rings. The van der Waals surface area contributed by atoms with Gasteiger partial charge in [0.05, 0.1) is 19.0 Å². The van der Waals surface area contributed by atoms with Crippen LogP contribution in [0.4, 0.5) is 0 Å². The zero-order valence-corrected chi connectivity index (χ0v) is 15.4. The third-order valence-electron chi connectivity index (χ3n) is 5.55. The van der Waals surface area contributed by atoms with Crippen LogP contribution in [0.5, 0.6) is 0 Å². The van der Waals surface area contributed by atoms with Gasteiger partial charge in [-0.15, -0.1) is 0 Å². The van der Waals surface area contributed by atoms with Crippen molar-refractivity contribution >= 4 is 5.78 Å². The van der Waals surface area contributed by atoms with E-state index in [4.69, 9.17) is 4.74 Å². The Morgan fingerprint density at radius 1 is 1.33 bits per heavy atom. The van der Waals surface area contributed by atoms with Crippen LogP contribution in [-0.4, -0.2) is 24.1 Å². The molecule has 2 aliphatic rings. The number of aliphatic hydroxyl groups excluding tert-OH is 1. The fourth-order valence-electron chi connectivity index (χ4n) is 3.93. The monoisotopic (exact) mass is 338 g/mol. The van der Waals surface area contributed by atoms with Crippen LogP contribution in [0, 0.1) is 17.8 Å².